The minimum atomic E-state index is -1.89. The lowest BCUT2D eigenvalue weighted by Crippen LogP contribution is -2.48. The van der Waals surface area contributed by atoms with Crippen LogP contribution < -0.4 is 20.7 Å². The van der Waals surface area contributed by atoms with E-state index in [4.69, 9.17) is 4.74 Å². The van der Waals surface area contributed by atoms with Gasteiger partial charge in [-0.2, -0.15) is 0 Å². The molecule has 12 rings (SSSR count). The van der Waals surface area contributed by atoms with Gasteiger partial charge in [-0.3, -0.25) is 9.59 Å². The Morgan fingerprint density at radius 3 is 2.37 bits per heavy atom. The van der Waals surface area contributed by atoms with Gasteiger partial charge in [0.05, 0.1) is 31.8 Å². The van der Waals surface area contributed by atoms with E-state index in [1.807, 2.05) is 48.5 Å². The quantitative estimate of drug-likeness (QED) is 0.0387. The summed E-state index contributed by atoms with van der Waals surface area (Å²) in [6.45, 7) is 7.82. The lowest BCUT2D eigenvalue weighted by atomic mass is 9.61. The summed E-state index contributed by atoms with van der Waals surface area (Å²) in [5.41, 5.74) is 8.97. The van der Waals surface area contributed by atoms with Crippen LogP contribution in [0.1, 0.15) is 172 Å². The monoisotopic (exact) mass is 1270 g/mol. The van der Waals surface area contributed by atoms with E-state index in [-0.39, 0.29) is 90.3 Å². The largest absolute Gasteiger partial charge is 0.508 e. The number of aryl methyl sites for hydroxylation is 1. The number of aromatic amines is 1. The molecule has 2 fully saturated rings. The first kappa shape index (κ1) is 66.4. The van der Waals surface area contributed by atoms with Crippen LogP contribution in [-0.2, 0) is 40.9 Å². The van der Waals surface area contributed by atoms with Gasteiger partial charge in [-0.05, 0) is 192 Å². The third-order valence-electron chi connectivity index (χ3n) is 22.4. The highest BCUT2D eigenvalue weighted by Crippen LogP contribution is 2.52. The number of aliphatic hydroxyl groups excluding tert-OH is 4. The molecule has 0 saturated heterocycles. The molecule has 11 N–H and O–H groups in total. The van der Waals surface area contributed by atoms with Crippen molar-refractivity contribution in [1.82, 2.24) is 15.6 Å². The van der Waals surface area contributed by atoms with Gasteiger partial charge in [0.25, 0.3) is 0 Å². The number of methoxy groups -OCH3 is 1. The van der Waals surface area contributed by atoms with Gasteiger partial charge in [0, 0.05) is 84.2 Å². The number of ether oxygens (including phenoxy) is 1. The number of aromatic nitrogens is 1. The molecule has 2 aliphatic heterocycles. The van der Waals surface area contributed by atoms with Crippen LogP contribution in [0, 0.1) is 53.3 Å². The van der Waals surface area contributed by atoms with Crippen LogP contribution in [0.15, 0.2) is 133 Å². The Balaban J connectivity index is 0.981. The predicted molar refractivity (Wildman–Crippen MR) is 369 cm³/mol. The highest BCUT2D eigenvalue weighted by Gasteiger charge is 2.50. The fraction of sp³-hybridized carbons (Fsp3) is 0.475. The van der Waals surface area contributed by atoms with Gasteiger partial charge in [-0.25, -0.2) is 0 Å². The molecule has 94 heavy (non-hydrogen) atoms. The number of aromatic hydroxyl groups is 3. The Bertz CT molecular complexity index is 3880. The summed E-state index contributed by atoms with van der Waals surface area (Å²) >= 11 is 0. The molecule has 0 unspecified atom stereocenters. The average molecular weight is 1270 g/mol. The minimum Gasteiger partial charge on any atom is -0.508 e. The van der Waals surface area contributed by atoms with Crippen molar-refractivity contribution in [1.29, 1.82) is 0 Å². The Morgan fingerprint density at radius 1 is 0.777 bits per heavy atom. The number of β-amino-alcohol motifs (C(OH)–C–C–N with tert-alkyl or cyclic N) is 1. The molecule has 1 spiro atoms. The van der Waals surface area contributed by atoms with Crippen molar-refractivity contribution in [2.75, 3.05) is 32.1 Å². The zero-order valence-corrected chi connectivity index (χ0v) is 55.0. The molecule has 6 aromatic rings. The van der Waals surface area contributed by atoms with Gasteiger partial charge >= 0.3 is 0 Å². The van der Waals surface area contributed by atoms with E-state index in [1.165, 1.54) is 7.11 Å². The number of allylic oxidation sites excluding steroid dienone is 4. The number of dihydropyridines is 1. The normalized spacial score (nSPS) is 28.5. The number of fused-ring (bicyclic) bond motifs is 10. The molecule has 9 bridgehead atoms. The second-order valence-electron chi connectivity index (χ2n) is 28.5. The average Bonchev–Trinajstić information content (AvgIpc) is 1.36. The fourth-order valence-corrected chi connectivity index (χ4v) is 17.2. The second-order valence-corrected chi connectivity index (χ2v) is 28.5. The molecule has 0 radical (unpaired) electrons. The van der Waals surface area contributed by atoms with Crippen LogP contribution in [0.5, 0.6) is 23.0 Å². The number of ketones is 2. The maximum atomic E-state index is 15.7. The van der Waals surface area contributed by atoms with Crippen LogP contribution in [0.2, 0.25) is 0 Å². The van der Waals surface area contributed by atoms with Crippen LogP contribution in [0.4, 0.5) is 5.69 Å². The summed E-state index contributed by atoms with van der Waals surface area (Å²) < 4.78 is 5.71. The molecule has 6 aliphatic rings. The number of H-pyrrole nitrogens is 1. The standard InChI is InChI=1S/C80H96N4O10/c1-5-12-63-58-34-50(32-49-27-30-82-75(35-49)84-60-24-21-51-17-20-57(76(90)68(51)41-60)37-61(86)45-81-43-48(3)59-40-74(83-44-59)80(79(63)93)28-9-6-10-29-80)33-55-22-25-65(66-42-72(89)73(94-4)39-56(66)23-26-71(88)78(92)77(91)67(55)38-58)64-15-8-7-14-62(64)54-19-18-52(47(2)31-54)36-53-13-11-16-70(87)69(53)46-85/h7-8,11,13-21,24,27,35,39-42,44,47-48,50,52,54-55,58,61,63,65,67,78-79,81-87,89-90,92-93H,5-6,9-10,12,23,26,28-34,36-38,43,45-46H2,1-4H3/t47-,48-,50-,52+,54+,55+,58-,61-,63-,65+,67-,78+,79+/m1/s1. The number of benzene rings is 5. The van der Waals surface area contributed by atoms with Gasteiger partial charge in [-0.15, -0.1) is 0 Å². The first-order valence-electron chi connectivity index (χ1n) is 34.8. The van der Waals surface area contributed by atoms with Gasteiger partial charge in [0.15, 0.2) is 29.2 Å². The van der Waals surface area contributed by atoms with Crippen molar-refractivity contribution in [2.24, 2.45) is 41.4 Å². The van der Waals surface area contributed by atoms with E-state index in [1.54, 1.807) is 18.2 Å². The number of rotatable bonds is 8. The highest BCUT2D eigenvalue weighted by molar-refractivity contribution is 6.06. The summed E-state index contributed by atoms with van der Waals surface area (Å²) in [7, 11) is 1.49. The molecule has 496 valence electrons. The van der Waals surface area contributed by atoms with Gasteiger partial charge in [0.1, 0.15) is 17.3 Å². The van der Waals surface area contributed by atoms with Crippen molar-refractivity contribution < 1.29 is 50.1 Å². The van der Waals surface area contributed by atoms with E-state index < -0.39 is 53.0 Å². The molecule has 5 aromatic carbocycles. The Labute approximate surface area is 554 Å². The number of phenolic OH excluding ortho intramolecular Hbond substituents is 2. The number of carbonyl (C=O) groups is 2. The number of Topliss-reactive ketones (excluding diaryl/α,β-unsaturated/α-hetero) is 2. The Hall–Kier alpha value is -7.64. The van der Waals surface area contributed by atoms with E-state index >= 15 is 4.79 Å². The number of aliphatic hydroxyl groups is 4. The molecular weight excluding hydrogens is 1180 g/mol. The minimum absolute atomic E-state index is 0.0225. The summed E-state index contributed by atoms with van der Waals surface area (Å²) in [6, 6.07) is 29.3. The Kier molecular flexibility index (Phi) is 20.6. The van der Waals surface area contributed by atoms with Crippen molar-refractivity contribution in [3.05, 3.63) is 183 Å². The van der Waals surface area contributed by atoms with Crippen LogP contribution in [0.3, 0.4) is 0 Å². The van der Waals surface area contributed by atoms with Crippen LogP contribution in [-0.4, -0.2) is 97.4 Å². The van der Waals surface area contributed by atoms with Crippen molar-refractivity contribution in [2.45, 2.75) is 172 Å². The number of anilines is 1. The van der Waals surface area contributed by atoms with E-state index in [2.05, 4.69) is 108 Å². The zero-order chi connectivity index (χ0) is 65.8. The van der Waals surface area contributed by atoms with Gasteiger partial charge < -0.3 is 61.4 Å². The van der Waals surface area contributed by atoms with E-state index in [9.17, 15) is 40.5 Å². The number of hydrogen-bond donors (Lipinski definition) is 11. The molecule has 2 saturated carbocycles. The highest BCUT2D eigenvalue weighted by atomic mass is 16.5. The fourth-order valence-electron chi connectivity index (χ4n) is 17.2. The SMILES string of the molecule is CCC[C@@H]1[C@@H]2C[C@H](CC3=CCNC(=C3)Nc3ccc4ccc(c(O)c4c3)C[C@@H](O)CNC[C@@H](C)c3c[nH]c(c3)C3(CCCCC3)[C@H]1O)C[C@@H]1C#C[C@@H](c3ccccc3[C@H]3C=C[C@@H](Cc4cccc(O)c4CO)[C@H](C)C3)c3cc(O)c(OC)cc3CCC(=O)[C@H](O)C(=O)[C@@H]1C2. The van der Waals surface area contributed by atoms with E-state index in [0.717, 1.165) is 95.4 Å². The van der Waals surface area contributed by atoms with Crippen molar-refractivity contribution in [3.63, 3.8) is 0 Å². The summed E-state index contributed by atoms with van der Waals surface area (Å²) in [5, 5.41) is 94.0. The number of nitrogens with one attached hydrogen (secondary N) is 4. The van der Waals surface area contributed by atoms with Gasteiger partial charge in [-0.1, -0.05) is 131 Å². The first-order valence-corrected chi connectivity index (χ1v) is 34.8. The molecule has 14 heteroatoms. The summed E-state index contributed by atoms with van der Waals surface area (Å²) in [4.78, 5) is 34.1. The molecule has 1 aromatic heterocycles. The van der Waals surface area contributed by atoms with Gasteiger partial charge in [0.2, 0.25) is 0 Å². The second kappa shape index (κ2) is 29.1. The van der Waals surface area contributed by atoms with Crippen molar-refractivity contribution >= 4 is 28.0 Å². The third kappa shape index (κ3) is 14.0. The smallest absolute Gasteiger partial charge is 0.173 e. The van der Waals surface area contributed by atoms with Crippen LogP contribution in [0.25, 0.3) is 10.8 Å². The summed E-state index contributed by atoms with van der Waals surface area (Å²) in [6.07, 6.45) is 17.5. The lowest BCUT2D eigenvalue weighted by molar-refractivity contribution is -0.142. The predicted octanol–water partition coefficient (Wildman–Crippen LogP) is 12.7. The molecule has 0 amide bonds. The van der Waals surface area contributed by atoms with Crippen LogP contribution >= 0.6 is 0 Å². The number of phenols is 3. The van der Waals surface area contributed by atoms with Crippen molar-refractivity contribution in [3.8, 4) is 34.8 Å². The molecule has 14 nitrogen and oxygen atoms in total. The zero-order valence-electron chi connectivity index (χ0n) is 55.0. The lowest BCUT2D eigenvalue weighted by Gasteiger charge is -2.46. The molecule has 4 aliphatic carbocycles. The topological polar surface area (TPSA) is 237 Å². The Morgan fingerprint density at radius 2 is 1.59 bits per heavy atom. The summed E-state index contributed by atoms with van der Waals surface area (Å²) in [5.74, 6) is 5.52. The number of hydrogen-bond acceptors (Lipinski definition) is 13. The molecule has 13 atom stereocenters. The molecular formula is C80H96N4O10. The maximum absolute atomic E-state index is 15.7. The third-order valence-corrected chi connectivity index (χ3v) is 22.4. The van der Waals surface area contributed by atoms with E-state index in [0.29, 0.717) is 85.8 Å². The number of carbonyl (C=O) groups excluding carboxylic acids is 2. The molecule has 3 heterocycles. The maximum Gasteiger partial charge on any atom is 0.173 e. The first-order chi connectivity index (χ1) is 45.5.